The van der Waals surface area contributed by atoms with E-state index in [2.05, 4.69) is 20.8 Å². The molecule has 0 atom stereocenters. The molecule has 1 heterocycles. The van der Waals surface area contributed by atoms with Crippen molar-refractivity contribution < 1.29 is 4.79 Å². The van der Waals surface area contributed by atoms with Gasteiger partial charge in [-0.1, -0.05) is 35.5 Å². The molecule has 9 heteroatoms. The van der Waals surface area contributed by atoms with Crippen LogP contribution >= 0.6 is 23.4 Å². The van der Waals surface area contributed by atoms with Gasteiger partial charge in [0.15, 0.2) is 0 Å². The van der Waals surface area contributed by atoms with Crippen molar-refractivity contribution in [1.29, 1.82) is 5.26 Å². The number of anilines is 1. The van der Waals surface area contributed by atoms with E-state index < -0.39 is 0 Å². The Kier molecular flexibility index (Phi) is 6.29. The van der Waals surface area contributed by atoms with E-state index in [1.165, 1.54) is 11.8 Å². The third-order valence-electron chi connectivity index (χ3n) is 4.18. The van der Waals surface area contributed by atoms with E-state index in [4.69, 9.17) is 16.9 Å². The first-order chi connectivity index (χ1) is 13.5. The maximum absolute atomic E-state index is 12.2. The smallest absolute Gasteiger partial charge is 0.225 e. The Morgan fingerprint density at radius 2 is 2.14 bits per heavy atom. The van der Waals surface area contributed by atoms with Crippen molar-refractivity contribution in [2.75, 3.05) is 11.1 Å². The minimum atomic E-state index is -0.154. The van der Waals surface area contributed by atoms with Crippen LogP contribution in [0.2, 0.25) is 5.02 Å². The van der Waals surface area contributed by atoms with Gasteiger partial charge < -0.3 is 5.32 Å². The van der Waals surface area contributed by atoms with Crippen LogP contribution in [-0.2, 0) is 4.79 Å². The summed E-state index contributed by atoms with van der Waals surface area (Å²) >= 11 is 7.39. The molecule has 0 fully saturated rings. The summed E-state index contributed by atoms with van der Waals surface area (Å²) in [5.74, 6) is 0.361. The number of nitriles is 1. The molecule has 1 amide bonds. The second-order valence-electron chi connectivity index (χ2n) is 6.05. The normalized spacial score (nSPS) is 10.5. The lowest BCUT2D eigenvalue weighted by atomic mass is 10.1. The number of aryl methyl sites for hydroxylation is 1. The van der Waals surface area contributed by atoms with Crippen LogP contribution in [0.1, 0.15) is 23.1 Å². The SMILES string of the molecule is Cc1cccc(-n2nnnc2SCCC(=O)Nc2ccc(C#N)c(Cl)c2)c1C. The Balaban J connectivity index is 1.60. The van der Waals surface area contributed by atoms with E-state index in [1.807, 2.05) is 38.1 Å². The molecule has 0 saturated carbocycles. The molecule has 0 unspecified atom stereocenters. The van der Waals surface area contributed by atoms with Crippen LogP contribution < -0.4 is 5.32 Å². The zero-order valence-electron chi connectivity index (χ0n) is 15.3. The van der Waals surface area contributed by atoms with E-state index in [1.54, 1.807) is 22.9 Å². The first-order valence-electron chi connectivity index (χ1n) is 8.47. The third kappa shape index (κ3) is 4.50. The number of aromatic nitrogens is 4. The fraction of sp³-hybridized carbons (Fsp3) is 0.211. The van der Waals surface area contributed by atoms with Gasteiger partial charge in [-0.05, 0) is 59.7 Å². The molecule has 7 nitrogen and oxygen atoms in total. The molecule has 1 aromatic heterocycles. The molecule has 28 heavy (non-hydrogen) atoms. The highest BCUT2D eigenvalue weighted by Gasteiger charge is 2.13. The predicted molar refractivity (Wildman–Crippen MR) is 109 cm³/mol. The highest BCUT2D eigenvalue weighted by atomic mass is 35.5. The summed E-state index contributed by atoms with van der Waals surface area (Å²) in [6.07, 6.45) is 0.280. The molecular formula is C19H17ClN6OS. The lowest BCUT2D eigenvalue weighted by Crippen LogP contribution is -2.12. The first kappa shape index (κ1) is 19.9. The summed E-state index contributed by atoms with van der Waals surface area (Å²) in [6, 6.07) is 12.7. The Labute approximate surface area is 171 Å². The fourth-order valence-corrected chi connectivity index (χ4v) is 3.57. The van der Waals surface area contributed by atoms with E-state index >= 15 is 0 Å². The molecule has 0 aliphatic heterocycles. The van der Waals surface area contributed by atoms with Gasteiger partial charge in [-0.3, -0.25) is 4.79 Å². The van der Waals surface area contributed by atoms with Crippen LogP contribution in [-0.4, -0.2) is 31.9 Å². The van der Waals surface area contributed by atoms with Crippen molar-refractivity contribution in [3.63, 3.8) is 0 Å². The second-order valence-corrected chi connectivity index (χ2v) is 7.51. The van der Waals surface area contributed by atoms with Crippen molar-refractivity contribution in [1.82, 2.24) is 20.2 Å². The average molecular weight is 413 g/mol. The van der Waals surface area contributed by atoms with Crippen molar-refractivity contribution in [2.45, 2.75) is 25.4 Å². The van der Waals surface area contributed by atoms with E-state index in [0.29, 0.717) is 27.2 Å². The Morgan fingerprint density at radius 3 is 2.89 bits per heavy atom. The van der Waals surface area contributed by atoms with Crippen LogP contribution in [0.15, 0.2) is 41.6 Å². The minimum Gasteiger partial charge on any atom is -0.326 e. The molecule has 0 aliphatic carbocycles. The molecule has 0 aliphatic rings. The van der Waals surface area contributed by atoms with Crippen LogP contribution in [0, 0.1) is 25.2 Å². The summed E-state index contributed by atoms with van der Waals surface area (Å²) in [4.78, 5) is 12.2. The Morgan fingerprint density at radius 1 is 1.32 bits per heavy atom. The highest BCUT2D eigenvalue weighted by molar-refractivity contribution is 7.99. The van der Waals surface area contributed by atoms with Gasteiger partial charge in [0.05, 0.1) is 16.3 Å². The van der Waals surface area contributed by atoms with E-state index in [-0.39, 0.29) is 12.3 Å². The largest absolute Gasteiger partial charge is 0.326 e. The number of rotatable bonds is 6. The number of carbonyl (C=O) groups excluding carboxylic acids is 1. The summed E-state index contributed by atoms with van der Waals surface area (Å²) < 4.78 is 1.69. The third-order valence-corrected chi connectivity index (χ3v) is 5.41. The lowest BCUT2D eigenvalue weighted by molar-refractivity contribution is -0.115. The monoisotopic (exact) mass is 412 g/mol. The number of amides is 1. The summed E-state index contributed by atoms with van der Waals surface area (Å²) in [6.45, 7) is 4.06. The molecule has 142 valence electrons. The number of nitrogens with one attached hydrogen (secondary N) is 1. The summed E-state index contributed by atoms with van der Waals surface area (Å²) in [5, 5.41) is 24.5. The highest BCUT2D eigenvalue weighted by Crippen LogP contribution is 2.23. The maximum Gasteiger partial charge on any atom is 0.225 e. The van der Waals surface area contributed by atoms with E-state index in [9.17, 15) is 4.79 Å². The lowest BCUT2D eigenvalue weighted by Gasteiger charge is -2.09. The zero-order chi connectivity index (χ0) is 20.1. The van der Waals surface area contributed by atoms with Gasteiger partial charge in [0.2, 0.25) is 11.1 Å². The quantitative estimate of drug-likeness (QED) is 0.616. The molecule has 0 bridgehead atoms. The van der Waals surface area contributed by atoms with Gasteiger partial charge in [0.1, 0.15) is 6.07 Å². The number of hydrogen-bond acceptors (Lipinski definition) is 6. The average Bonchev–Trinajstić information content (AvgIpc) is 3.12. The van der Waals surface area contributed by atoms with Gasteiger partial charge in [-0.25, -0.2) is 0 Å². The maximum atomic E-state index is 12.2. The second kappa shape index (κ2) is 8.87. The molecular weight excluding hydrogens is 396 g/mol. The molecule has 1 N–H and O–H groups in total. The molecule has 3 aromatic rings. The van der Waals surface area contributed by atoms with Gasteiger partial charge in [-0.15, -0.1) is 5.10 Å². The summed E-state index contributed by atoms with van der Waals surface area (Å²) in [5.41, 5.74) is 4.10. The number of tetrazole rings is 1. The van der Waals surface area contributed by atoms with Crippen LogP contribution in [0.25, 0.3) is 5.69 Å². The molecule has 2 aromatic carbocycles. The first-order valence-corrected chi connectivity index (χ1v) is 9.83. The number of benzene rings is 2. The fourth-order valence-electron chi connectivity index (χ4n) is 2.53. The van der Waals surface area contributed by atoms with Crippen molar-refractivity contribution in [3.8, 4) is 11.8 Å². The standard InChI is InChI=1S/C19H17ClN6OS/c1-12-4-3-5-17(13(12)2)26-19(23-24-25-26)28-9-8-18(27)22-15-7-6-14(11-21)16(20)10-15/h3-7,10H,8-9H2,1-2H3,(H,22,27). The van der Waals surface area contributed by atoms with Gasteiger partial charge in [0, 0.05) is 17.9 Å². The number of halogens is 1. The van der Waals surface area contributed by atoms with Crippen LogP contribution in [0.5, 0.6) is 0 Å². The van der Waals surface area contributed by atoms with Gasteiger partial charge in [-0.2, -0.15) is 9.94 Å². The molecule has 0 saturated heterocycles. The van der Waals surface area contributed by atoms with Crippen molar-refractivity contribution in [2.24, 2.45) is 0 Å². The number of thioether (sulfide) groups is 1. The molecule has 0 radical (unpaired) electrons. The molecule has 0 spiro atoms. The van der Waals surface area contributed by atoms with Gasteiger partial charge in [0.25, 0.3) is 0 Å². The van der Waals surface area contributed by atoms with E-state index in [0.717, 1.165) is 16.8 Å². The summed E-state index contributed by atoms with van der Waals surface area (Å²) in [7, 11) is 0. The minimum absolute atomic E-state index is 0.154. The van der Waals surface area contributed by atoms with Crippen LogP contribution in [0.3, 0.4) is 0 Å². The van der Waals surface area contributed by atoms with Crippen molar-refractivity contribution in [3.05, 3.63) is 58.1 Å². The topological polar surface area (TPSA) is 96.5 Å². The number of hydrogen-bond donors (Lipinski definition) is 1. The van der Waals surface area contributed by atoms with Crippen molar-refractivity contribution >= 4 is 35.0 Å². The Bertz CT molecular complexity index is 1060. The number of nitrogens with zero attached hydrogens (tertiary/aromatic N) is 5. The number of carbonyl (C=O) groups is 1. The molecule has 3 rings (SSSR count). The Hall–Kier alpha value is -2.89. The van der Waals surface area contributed by atoms with Gasteiger partial charge >= 0.3 is 0 Å². The van der Waals surface area contributed by atoms with Crippen LogP contribution in [0.4, 0.5) is 5.69 Å². The predicted octanol–water partition coefficient (Wildman–Crippen LogP) is 3.93. The zero-order valence-corrected chi connectivity index (χ0v) is 16.9.